The van der Waals surface area contributed by atoms with Crippen LogP contribution < -0.4 is 5.19 Å². The smallest absolute Gasteiger partial charge is 0.253 e. The van der Waals surface area contributed by atoms with Crippen molar-refractivity contribution in [1.82, 2.24) is 0 Å². The first-order chi connectivity index (χ1) is 6.02. The topological polar surface area (TPSA) is 17.1 Å². The highest BCUT2D eigenvalue weighted by Gasteiger charge is 2.09. The van der Waals surface area contributed by atoms with Gasteiger partial charge in [0.05, 0.1) is 19.4 Å². The summed E-state index contributed by atoms with van der Waals surface area (Å²) >= 11 is 11.2. The SMILES string of the molecule is C[Si](C)c1ccc(C(=O)Cl)c(Cl)c1. The molecule has 0 spiro atoms. The molecule has 1 aromatic rings. The van der Waals surface area contributed by atoms with E-state index in [9.17, 15) is 4.79 Å². The Labute approximate surface area is 89.3 Å². The second kappa shape index (κ2) is 4.27. The maximum atomic E-state index is 10.8. The lowest BCUT2D eigenvalue weighted by Gasteiger charge is -2.05. The van der Waals surface area contributed by atoms with E-state index in [0.717, 1.165) is 0 Å². The number of rotatable bonds is 2. The molecule has 13 heavy (non-hydrogen) atoms. The summed E-state index contributed by atoms with van der Waals surface area (Å²) in [5.41, 5.74) is 0.385. The molecule has 1 aromatic carbocycles. The minimum Gasteiger partial charge on any atom is -0.276 e. The Balaban J connectivity index is 3.13. The zero-order valence-electron chi connectivity index (χ0n) is 7.40. The summed E-state index contributed by atoms with van der Waals surface area (Å²) in [7, 11) is -0.515. The summed E-state index contributed by atoms with van der Waals surface area (Å²) in [6.45, 7) is 4.33. The maximum absolute atomic E-state index is 10.8. The summed E-state index contributed by atoms with van der Waals surface area (Å²) in [5.74, 6) is 0. The van der Waals surface area contributed by atoms with Crippen molar-refractivity contribution in [3.63, 3.8) is 0 Å². The van der Waals surface area contributed by atoms with Crippen molar-refractivity contribution in [1.29, 1.82) is 0 Å². The molecule has 0 amide bonds. The van der Waals surface area contributed by atoms with Crippen LogP contribution in [0.4, 0.5) is 0 Å². The molecule has 0 N–H and O–H groups in total. The Morgan fingerprint density at radius 2 is 2.00 bits per heavy atom. The number of hydrogen-bond donors (Lipinski definition) is 0. The molecule has 4 heteroatoms. The average Bonchev–Trinajstić information content (AvgIpc) is 2.03. The molecule has 0 fully saturated rings. The quantitative estimate of drug-likeness (QED) is 0.566. The second-order valence-corrected chi connectivity index (χ2v) is 6.30. The predicted octanol–water partition coefficient (Wildman–Crippen LogP) is 2.68. The molecule has 0 aliphatic heterocycles. The number of carbonyl (C=O) groups is 1. The Morgan fingerprint density at radius 1 is 1.38 bits per heavy atom. The molecule has 1 rings (SSSR count). The van der Waals surface area contributed by atoms with Gasteiger partial charge in [0.1, 0.15) is 0 Å². The number of halogens is 2. The predicted molar refractivity (Wildman–Crippen MR) is 58.8 cm³/mol. The molecule has 0 atom stereocenters. The first kappa shape index (κ1) is 10.8. The van der Waals surface area contributed by atoms with Crippen LogP contribution in [0, 0.1) is 0 Å². The molecule has 0 aliphatic rings. The lowest BCUT2D eigenvalue weighted by atomic mass is 10.2. The fourth-order valence-electron chi connectivity index (χ4n) is 0.986. The molecule has 1 radical (unpaired) electrons. The third-order valence-corrected chi connectivity index (χ3v) is 3.74. The molecule has 0 saturated carbocycles. The van der Waals surface area contributed by atoms with Gasteiger partial charge in [-0.15, -0.1) is 0 Å². The van der Waals surface area contributed by atoms with E-state index in [1.165, 1.54) is 5.19 Å². The minimum atomic E-state index is -0.515. The van der Waals surface area contributed by atoms with E-state index < -0.39 is 14.0 Å². The van der Waals surface area contributed by atoms with Gasteiger partial charge in [-0.25, -0.2) is 0 Å². The van der Waals surface area contributed by atoms with E-state index in [2.05, 4.69) is 13.1 Å². The lowest BCUT2D eigenvalue weighted by molar-refractivity contribution is 0.108. The molecule has 0 saturated heterocycles. The zero-order chi connectivity index (χ0) is 10.0. The Morgan fingerprint density at radius 3 is 2.38 bits per heavy atom. The average molecular weight is 232 g/mol. The van der Waals surface area contributed by atoms with Gasteiger partial charge in [0, 0.05) is 0 Å². The summed E-state index contributed by atoms with van der Waals surface area (Å²) < 4.78 is 0. The number of hydrogen-bond acceptors (Lipinski definition) is 1. The first-order valence-electron chi connectivity index (χ1n) is 3.82. The summed E-state index contributed by atoms with van der Waals surface area (Å²) in [5, 5.41) is 1.15. The van der Waals surface area contributed by atoms with Crippen LogP contribution in [0.25, 0.3) is 0 Å². The molecule has 0 aliphatic carbocycles. The first-order valence-corrected chi connectivity index (χ1v) is 7.08. The van der Waals surface area contributed by atoms with Gasteiger partial charge in [0.15, 0.2) is 0 Å². The van der Waals surface area contributed by atoms with Gasteiger partial charge in [-0.3, -0.25) is 4.79 Å². The van der Waals surface area contributed by atoms with Crippen molar-refractivity contribution < 1.29 is 4.79 Å². The van der Waals surface area contributed by atoms with Gasteiger partial charge < -0.3 is 0 Å². The van der Waals surface area contributed by atoms with Gasteiger partial charge >= 0.3 is 0 Å². The highest BCUT2D eigenvalue weighted by Crippen LogP contribution is 2.16. The molecular weight excluding hydrogens is 223 g/mol. The van der Waals surface area contributed by atoms with Crippen LogP contribution in [0.2, 0.25) is 18.1 Å². The van der Waals surface area contributed by atoms with Crippen LogP contribution in [-0.2, 0) is 0 Å². The van der Waals surface area contributed by atoms with Crippen LogP contribution >= 0.6 is 23.2 Å². The van der Waals surface area contributed by atoms with Gasteiger partial charge in [-0.2, -0.15) is 0 Å². The van der Waals surface area contributed by atoms with Gasteiger partial charge in [0.25, 0.3) is 5.24 Å². The molecular formula is C9H9Cl2OSi. The van der Waals surface area contributed by atoms with Gasteiger partial charge in [-0.05, 0) is 23.7 Å². The second-order valence-electron chi connectivity index (χ2n) is 2.97. The maximum Gasteiger partial charge on any atom is 0.253 e. The molecule has 0 heterocycles. The fraction of sp³-hybridized carbons (Fsp3) is 0.222. The van der Waals surface area contributed by atoms with Crippen molar-refractivity contribution in [2.24, 2.45) is 0 Å². The zero-order valence-corrected chi connectivity index (χ0v) is 9.91. The highest BCUT2D eigenvalue weighted by atomic mass is 35.5. The Hall–Kier alpha value is -0.313. The third kappa shape index (κ3) is 2.56. The van der Waals surface area contributed by atoms with Crippen LogP contribution in [0.15, 0.2) is 18.2 Å². The standard InChI is InChI=1S/C9H9Cl2OSi/c1-13(2)6-3-4-7(9(11)12)8(10)5-6/h3-5H,1-2H3. The number of carbonyl (C=O) groups excluding carboxylic acids is 1. The van der Waals surface area contributed by atoms with Crippen molar-refractivity contribution >= 4 is 42.4 Å². The van der Waals surface area contributed by atoms with E-state index in [-0.39, 0.29) is 0 Å². The van der Waals surface area contributed by atoms with Crippen LogP contribution in [0.5, 0.6) is 0 Å². The molecule has 0 unspecified atom stereocenters. The Bertz CT molecular complexity index is 336. The van der Waals surface area contributed by atoms with Crippen LogP contribution in [0.3, 0.4) is 0 Å². The summed E-state index contributed by atoms with van der Waals surface area (Å²) in [6, 6.07) is 5.42. The van der Waals surface area contributed by atoms with Gasteiger partial charge in [0.2, 0.25) is 0 Å². The van der Waals surface area contributed by atoms with Crippen molar-refractivity contribution in [2.75, 3.05) is 0 Å². The third-order valence-electron chi connectivity index (χ3n) is 1.76. The van der Waals surface area contributed by atoms with E-state index in [1.807, 2.05) is 12.1 Å². The van der Waals surface area contributed by atoms with E-state index in [0.29, 0.717) is 10.6 Å². The highest BCUT2D eigenvalue weighted by molar-refractivity contribution is 6.71. The normalized spacial score (nSPS) is 10.5. The van der Waals surface area contributed by atoms with E-state index in [4.69, 9.17) is 23.2 Å². The van der Waals surface area contributed by atoms with Crippen molar-refractivity contribution in [2.45, 2.75) is 13.1 Å². The van der Waals surface area contributed by atoms with Crippen molar-refractivity contribution in [3.05, 3.63) is 28.8 Å². The molecule has 1 nitrogen and oxygen atoms in total. The van der Waals surface area contributed by atoms with Crippen LogP contribution in [0.1, 0.15) is 10.4 Å². The van der Waals surface area contributed by atoms with Crippen LogP contribution in [-0.4, -0.2) is 14.0 Å². The van der Waals surface area contributed by atoms with E-state index >= 15 is 0 Å². The molecule has 0 bridgehead atoms. The monoisotopic (exact) mass is 231 g/mol. The minimum absolute atomic E-state index is 0.385. The lowest BCUT2D eigenvalue weighted by Crippen LogP contribution is -2.22. The fourth-order valence-corrected chi connectivity index (χ4v) is 2.41. The van der Waals surface area contributed by atoms with Gasteiger partial charge in [-0.1, -0.05) is 35.9 Å². The van der Waals surface area contributed by atoms with Crippen molar-refractivity contribution in [3.8, 4) is 0 Å². The Kier molecular flexibility index (Phi) is 3.53. The number of benzene rings is 1. The summed E-state index contributed by atoms with van der Waals surface area (Å²) in [6.07, 6.45) is 0. The molecule has 69 valence electrons. The molecule has 0 aromatic heterocycles. The summed E-state index contributed by atoms with van der Waals surface area (Å²) in [4.78, 5) is 10.8. The largest absolute Gasteiger partial charge is 0.276 e. The van der Waals surface area contributed by atoms with E-state index in [1.54, 1.807) is 6.07 Å².